The van der Waals surface area contributed by atoms with Gasteiger partial charge in [0.05, 0.1) is 6.42 Å². The first kappa shape index (κ1) is 18.0. The summed E-state index contributed by atoms with van der Waals surface area (Å²) in [6.07, 6.45) is -4.55. The molecule has 0 unspecified atom stereocenters. The number of benzene rings is 1. The molecule has 2 rings (SSSR count). The summed E-state index contributed by atoms with van der Waals surface area (Å²) in [5.41, 5.74) is 1.10. The number of nitrogens with one attached hydrogen (secondary N) is 1. The smallest absolute Gasteiger partial charge is 0.475 e. The van der Waals surface area contributed by atoms with Gasteiger partial charge in [-0.2, -0.15) is 13.2 Å². The molecular weight excluding hydrogens is 301 g/mol. The van der Waals surface area contributed by atoms with Crippen molar-refractivity contribution in [1.29, 1.82) is 0 Å². The Hall–Kier alpha value is -2.09. The molecule has 8 heteroatoms. The summed E-state index contributed by atoms with van der Waals surface area (Å²) in [4.78, 5) is 22.7. The van der Waals surface area contributed by atoms with Crippen LogP contribution in [-0.2, 0) is 16.0 Å². The van der Waals surface area contributed by atoms with Crippen molar-refractivity contribution in [3.05, 3.63) is 35.9 Å². The molecule has 1 aromatic carbocycles. The van der Waals surface area contributed by atoms with Crippen molar-refractivity contribution >= 4 is 11.9 Å². The van der Waals surface area contributed by atoms with Gasteiger partial charge in [-0.1, -0.05) is 30.3 Å². The number of alkyl halides is 3. The molecule has 0 aromatic heterocycles. The molecule has 1 amide bonds. The second-order valence-corrected chi connectivity index (χ2v) is 4.60. The number of nitrogens with zero attached hydrogens (tertiary/aromatic N) is 1. The largest absolute Gasteiger partial charge is 0.490 e. The van der Waals surface area contributed by atoms with Crippen LogP contribution in [-0.4, -0.2) is 54.2 Å². The fourth-order valence-corrected chi connectivity index (χ4v) is 1.80. The van der Waals surface area contributed by atoms with Crippen LogP contribution in [0.4, 0.5) is 13.2 Å². The van der Waals surface area contributed by atoms with Gasteiger partial charge < -0.3 is 15.3 Å². The number of aliphatic carboxylic acids is 1. The van der Waals surface area contributed by atoms with Crippen molar-refractivity contribution in [2.24, 2.45) is 0 Å². The first-order valence-corrected chi connectivity index (χ1v) is 6.63. The normalized spacial score (nSPS) is 14.8. The lowest BCUT2D eigenvalue weighted by atomic mass is 10.1. The molecule has 0 bridgehead atoms. The summed E-state index contributed by atoms with van der Waals surface area (Å²) in [5, 5.41) is 10.4. The average Bonchev–Trinajstić information content (AvgIpc) is 2.49. The fourth-order valence-electron chi connectivity index (χ4n) is 1.80. The van der Waals surface area contributed by atoms with Crippen molar-refractivity contribution in [2.75, 3.05) is 26.2 Å². The van der Waals surface area contributed by atoms with Gasteiger partial charge in [-0.25, -0.2) is 4.79 Å². The zero-order valence-corrected chi connectivity index (χ0v) is 11.8. The number of rotatable bonds is 2. The van der Waals surface area contributed by atoms with E-state index in [1.807, 2.05) is 35.2 Å². The van der Waals surface area contributed by atoms with Crippen molar-refractivity contribution in [2.45, 2.75) is 12.6 Å². The predicted octanol–water partition coefficient (Wildman–Crippen LogP) is 1.29. The van der Waals surface area contributed by atoms with Gasteiger partial charge in [0.1, 0.15) is 0 Å². The fraction of sp³-hybridized carbons (Fsp3) is 0.429. The lowest BCUT2D eigenvalue weighted by molar-refractivity contribution is -0.192. The Balaban J connectivity index is 0.000000295. The van der Waals surface area contributed by atoms with Crippen LogP contribution in [0, 0.1) is 0 Å². The van der Waals surface area contributed by atoms with Crippen LogP contribution < -0.4 is 5.32 Å². The summed E-state index contributed by atoms with van der Waals surface area (Å²) < 4.78 is 31.7. The minimum absolute atomic E-state index is 0.239. The van der Waals surface area contributed by atoms with Gasteiger partial charge in [0.25, 0.3) is 0 Å². The van der Waals surface area contributed by atoms with E-state index >= 15 is 0 Å². The van der Waals surface area contributed by atoms with Gasteiger partial charge in [0, 0.05) is 26.2 Å². The standard InChI is InChI=1S/C12H16N2O.C2HF3O2/c15-12(14-8-6-13-7-9-14)10-11-4-2-1-3-5-11;3-2(4,5)1(6)7/h1-5,13H,6-10H2;(H,6,7). The molecule has 2 N–H and O–H groups in total. The molecule has 0 saturated carbocycles. The molecule has 22 heavy (non-hydrogen) atoms. The van der Waals surface area contributed by atoms with E-state index in [1.165, 1.54) is 0 Å². The third kappa shape index (κ3) is 6.57. The molecule has 5 nitrogen and oxygen atoms in total. The van der Waals surface area contributed by atoms with Crippen LogP contribution >= 0.6 is 0 Å². The number of carboxylic acid groups (broad SMARTS) is 1. The van der Waals surface area contributed by atoms with Crippen LogP contribution in [0.1, 0.15) is 5.56 Å². The highest BCUT2D eigenvalue weighted by atomic mass is 19.4. The zero-order valence-electron chi connectivity index (χ0n) is 11.8. The number of halogens is 3. The topological polar surface area (TPSA) is 69.6 Å². The van der Waals surface area contributed by atoms with E-state index in [-0.39, 0.29) is 5.91 Å². The van der Waals surface area contributed by atoms with E-state index in [1.54, 1.807) is 0 Å². The number of carboxylic acids is 1. The molecule has 0 aliphatic carbocycles. The third-order valence-corrected chi connectivity index (χ3v) is 2.91. The molecule has 1 aliphatic heterocycles. The predicted molar refractivity (Wildman–Crippen MR) is 73.3 cm³/mol. The number of hydrogen-bond acceptors (Lipinski definition) is 3. The summed E-state index contributed by atoms with van der Waals surface area (Å²) in [6.45, 7) is 3.51. The summed E-state index contributed by atoms with van der Waals surface area (Å²) in [5.74, 6) is -2.52. The number of piperazine rings is 1. The van der Waals surface area contributed by atoms with Crippen molar-refractivity contribution in [3.8, 4) is 0 Å². The van der Waals surface area contributed by atoms with Crippen molar-refractivity contribution in [1.82, 2.24) is 10.2 Å². The summed E-state index contributed by atoms with van der Waals surface area (Å²) in [7, 11) is 0. The molecule has 1 saturated heterocycles. The maximum Gasteiger partial charge on any atom is 0.490 e. The molecule has 0 radical (unpaired) electrons. The second kappa shape index (κ2) is 8.38. The number of carbonyl (C=O) groups excluding carboxylic acids is 1. The van der Waals surface area contributed by atoms with E-state index < -0.39 is 12.1 Å². The van der Waals surface area contributed by atoms with Gasteiger partial charge in [-0.05, 0) is 5.56 Å². The third-order valence-electron chi connectivity index (χ3n) is 2.91. The second-order valence-electron chi connectivity index (χ2n) is 4.60. The van der Waals surface area contributed by atoms with Crippen molar-refractivity contribution < 1.29 is 27.9 Å². The lowest BCUT2D eigenvalue weighted by Gasteiger charge is -2.27. The van der Waals surface area contributed by atoms with E-state index in [4.69, 9.17) is 9.90 Å². The quantitative estimate of drug-likeness (QED) is 0.862. The Labute approximate surface area is 125 Å². The molecular formula is C14H17F3N2O3. The minimum atomic E-state index is -5.08. The Bertz CT molecular complexity index is 486. The number of carbonyl (C=O) groups is 2. The van der Waals surface area contributed by atoms with Crippen LogP contribution in [0.3, 0.4) is 0 Å². The maximum absolute atomic E-state index is 11.9. The monoisotopic (exact) mass is 318 g/mol. The molecule has 1 aromatic rings. The Morgan fingerprint density at radius 3 is 2.09 bits per heavy atom. The van der Waals surface area contributed by atoms with Gasteiger partial charge in [0.2, 0.25) is 5.91 Å². The SMILES string of the molecule is O=C(Cc1ccccc1)N1CCNCC1.O=C(O)C(F)(F)F. The summed E-state index contributed by atoms with van der Waals surface area (Å²) >= 11 is 0. The molecule has 1 aliphatic rings. The van der Waals surface area contributed by atoms with Gasteiger partial charge in [0.15, 0.2) is 0 Å². The highest BCUT2D eigenvalue weighted by Crippen LogP contribution is 2.13. The molecule has 0 atom stereocenters. The minimum Gasteiger partial charge on any atom is -0.475 e. The van der Waals surface area contributed by atoms with Crippen LogP contribution in [0.15, 0.2) is 30.3 Å². The Morgan fingerprint density at radius 1 is 1.14 bits per heavy atom. The van der Waals surface area contributed by atoms with Gasteiger partial charge in [-0.3, -0.25) is 4.79 Å². The van der Waals surface area contributed by atoms with Crippen LogP contribution in [0.5, 0.6) is 0 Å². The number of hydrogen-bond donors (Lipinski definition) is 2. The Morgan fingerprint density at radius 2 is 1.64 bits per heavy atom. The summed E-state index contributed by atoms with van der Waals surface area (Å²) in [6, 6.07) is 9.92. The zero-order chi connectivity index (χ0) is 16.6. The van der Waals surface area contributed by atoms with E-state index in [9.17, 15) is 18.0 Å². The molecule has 0 spiro atoms. The van der Waals surface area contributed by atoms with Crippen molar-refractivity contribution in [3.63, 3.8) is 0 Å². The van der Waals surface area contributed by atoms with Gasteiger partial charge >= 0.3 is 12.1 Å². The van der Waals surface area contributed by atoms with E-state index in [2.05, 4.69) is 5.32 Å². The first-order chi connectivity index (χ1) is 10.3. The van der Waals surface area contributed by atoms with Crippen LogP contribution in [0.25, 0.3) is 0 Å². The lowest BCUT2D eigenvalue weighted by Crippen LogP contribution is -2.46. The number of amides is 1. The molecule has 1 fully saturated rings. The molecule has 1 heterocycles. The van der Waals surface area contributed by atoms with Crippen LogP contribution in [0.2, 0.25) is 0 Å². The maximum atomic E-state index is 11.9. The highest BCUT2D eigenvalue weighted by Gasteiger charge is 2.38. The first-order valence-electron chi connectivity index (χ1n) is 6.63. The highest BCUT2D eigenvalue weighted by molar-refractivity contribution is 5.78. The Kier molecular flexibility index (Phi) is 6.84. The van der Waals surface area contributed by atoms with E-state index in [0.29, 0.717) is 6.42 Å². The van der Waals surface area contributed by atoms with E-state index in [0.717, 1.165) is 31.7 Å². The molecule has 122 valence electrons. The van der Waals surface area contributed by atoms with Gasteiger partial charge in [-0.15, -0.1) is 0 Å². The average molecular weight is 318 g/mol.